The van der Waals surface area contributed by atoms with Crippen LogP contribution in [0.15, 0.2) is 24.4 Å². The Balaban J connectivity index is 1.85. The standard InChI is InChI=1S/C11H15N3S/c1-8(10-4-2-3-7-12-10)13-11(15)14-9-5-6-9/h2-4,7-9H,5-6H2,1H3,(H2,13,14,15). The van der Waals surface area contributed by atoms with Gasteiger partial charge in [-0.3, -0.25) is 4.98 Å². The highest BCUT2D eigenvalue weighted by atomic mass is 32.1. The predicted octanol–water partition coefficient (Wildman–Crippen LogP) is 1.77. The van der Waals surface area contributed by atoms with E-state index in [1.54, 1.807) is 6.20 Å². The van der Waals surface area contributed by atoms with Crippen molar-refractivity contribution in [1.82, 2.24) is 15.6 Å². The third kappa shape index (κ3) is 3.16. The minimum absolute atomic E-state index is 0.157. The van der Waals surface area contributed by atoms with Gasteiger partial charge in [-0.1, -0.05) is 6.07 Å². The van der Waals surface area contributed by atoms with Crippen molar-refractivity contribution in [3.8, 4) is 0 Å². The highest BCUT2D eigenvalue weighted by molar-refractivity contribution is 7.80. The number of aromatic nitrogens is 1. The maximum absolute atomic E-state index is 5.20. The molecule has 15 heavy (non-hydrogen) atoms. The molecule has 3 nitrogen and oxygen atoms in total. The van der Waals surface area contributed by atoms with Gasteiger partial charge in [0.15, 0.2) is 5.11 Å². The summed E-state index contributed by atoms with van der Waals surface area (Å²) in [6.07, 6.45) is 4.27. The van der Waals surface area contributed by atoms with Crippen molar-refractivity contribution in [3.63, 3.8) is 0 Å². The molecular formula is C11H15N3S. The third-order valence-electron chi connectivity index (χ3n) is 2.39. The molecule has 1 saturated carbocycles. The van der Waals surface area contributed by atoms with E-state index in [-0.39, 0.29) is 6.04 Å². The lowest BCUT2D eigenvalue weighted by Gasteiger charge is -2.16. The van der Waals surface area contributed by atoms with Crippen molar-refractivity contribution in [2.75, 3.05) is 0 Å². The Labute approximate surface area is 95.3 Å². The molecule has 1 aromatic heterocycles. The molecule has 1 aromatic rings. The molecule has 1 heterocycles. The van der Waals surface area contributed by atoms with Crippen LogP contribution in [-0.4, -0.2) is 16.1 Å². The maximum Gasteiger partial charge on any atom is 0.167 e. The molecule has 2 rings (SSSR count). The highest BCUT2D eigenvalue weighted by Crippen LogP contribution is 2.18. The summed E-state index contributed by atoms with van der Waals surface area (Å²) in [7, 11) is 0. The first-order valence-corrected chi connectivity index (χ1v) is 5.64. The number of rotatable bonds is 3. The summed E-state index contributed by atoms with van der Waals surface area (Å²) in [5, 5.41) is 7.20. The number of nitrogens with zero attached hydrogens (tertiary/aromatic N) is 1. The molecule has 2 N–H and O–H groups in total. The van der Waals surface area contributed by atoms with E-state index in [2.05, 4.69) is 22.5 Å². The highest BCUT2D eigenvalue weighted by Gasteiger charge is 2.22. The van der Waals surface area contributed by atoms with Crippen LogP contribution in [0, 0.1) is 0 Å². The second-order valence-corrected chi connectivity index (χ2v) is 4.28. The van der Waals surface area contributed by atoms with Crippen LogP contribution in [-0.2, 0) is 0 Å². The molecule has 0 amide bonds. The van der Waals surface area contributed by atoms with Crippen LogP contribution in [0.4, 0.5) is 0 Å². The van der Waals surface area contributed by atoms with Gasteiger partial charge in [-0.2, -0.15) is 0 Å². The van der Waals surface area contributed by atoms with Gasteiger partial charge in [0, 0.05) is 12.2 Å². The van der Waals surface area contributed by atoms with Gasteiger partial charge >= 0.3 is 0 Å². The molecule has 1 atom stereocenters. The van der Waals surface area contributed by atoms with Gasteiger partial charge in [-0.05, 0) is 44.1 Å². The maximum atomic E-state index is 5.20. The molecule has 4 heteroatoms. The molecule has 1 unspecified atom stereocenters. The lowest BCUT2D eigenvalue weighted by atomic mass is 10.2. The van der Waals surface area contributed by atoms with Crippen molar-refractivity contribution >= 4 is 17.3 Å². The number of hydrogen-bond acceptors (Lipinski definition) is 2. The average molecular weight is 221 g/mol. The Morgan fingerprint density at radius 1 is 1.53 bits per heavy atom. The van der Waals surface area contributed by atoms with E-state index in [0.717, 1.165) is 10.8 Å². The van der Waals surface area contributed by atoms with E-state index in [9.17, 15) is 0 Å². The zero-order chi connectivity index (χ0) is 10.7. The van der Waals surface area contributed by atoms with E-state index in [4.69, 9.17) is 12.2 Å². The minimum Gasteiger partial charge on any atom is -0.360 e. The number of hydrogen-bond donors (Lipinski definition) is 2. The van der Waals surface area contributed by atoms with Gasteiger partial charge < -0.3 is 10.6 Å². The molecule has 1 aliphatic rings. The summed E-state index contributed by atoms with van der Waals surface area (Å²) in [5.74, 6) is 0. The van der Waals surface area contributed by atoms with Crippen molar-refractivity contribution < 1.29 is 0 Å². The Kier molecular flexibility index (Phi) is 3.16. The van der Waals surface area contributed by atoms with Crippen molar-refractivity contribution in [2.45, 2.75) is 31.8 Å². The zero-order valence-electron chi connectivity index (χ0n) is 8.73. The van der Waals surface area contributed by atoms with Crippen LogP contribution in [0.1, 0.15) is 31.5 Å². The summed E-state index contributed by atoms with van der Waals surface area (Å²) in [4.78, 5) is 4.28. The smallest absolute Gasteiger partial charge is 0.167 e. The molecule has 0 radical (unpaired) electrons. The van der Waals surface area contributed by atoms with Crippen molar-refractivity contribution in [1.29, 1.82) is 0 Å². The summed E-state index contributed by atoms with van der Waals surface area (Å²) >= 11 is 5.20. The fraction of sp³-hybridized carbons (Fsp3) is 0.455. The number of nitrogens with one attached hydrogen (secondary N) is 2. The monoisotopic (exact) mass is 221 g/mol. The third-order valence-corrected chi connectivity index (χ3v) is 2.63. The van der Waals surface area contributed by atoms with Crippen molar-refractivity contribution in [2.24, 2.45) is 0 Å². The van der Waals surface area contributed by atoms with E-state index < -0.39 is 0 Å². The quantitative estimate of drug-likeness (QED) is 0.763. The second-order valence-electron chi connectivity index (χ2n) is 3.87. The molecule has 0 bridgehead atoms. The Morgan fingerprint density at radius 2 is 2.33 bits per heavy atom. The lowest BCUT2D eigenvalue weighted by molar-refractivity contribution is 0.676. The topological polar surface area (TPSA) is 37.0 Å². The van der Waals surface area contributed by atoms with Gasteiger partial charge in [-0.15, -0.1) is 0 Å². The van der Waals surface area contributed by atoms with Gasteiger partial charge in [0.2, 0.25) is 0 Å². The normalized spacial score (nSPS) is 16.9. The molecule has 0 saturated heterocycles. The van der Waals surface area contributed by atoms with Crippen LogP contribution >= 0.6 is 12.2 Å². The second kappa shape index (κ2) is 4.57. The van der Waals surface area contributed by atoms with Crippen LogP contribution in [0.3, 0.4) is 0 Å². The van der Waals surface area contributed by atoms with Gasteiger partial charge in [-0.25, -0.2) is 0 Å². The van der Waals surface area contributed by atoms with Gasteiger partial charge in [0.05, 0.1) is 11.7 Å². The van der Waals surface area contributed by atoms with E-state index in [0.29, 0.717) is 6.04 Å². The minimum atomic E-state index is 0.157. The fourth-order valence-corrected chi connectivity index (χ4v) is 1.70. The lowest BCUT2D eigenvalue weighted by Crippen LogP contribution is -2.38. The molecule has 0 spiro atoms. The van der Waals surface area contributed by atoms with Crippen LogP contribution in [0.25, 0.3) is 0 Å². The SMILES string of the molecule is CC(NC(=S)NC1CC1)c1ccccn1. The average Bonchev–Trinajstić information content (AvgIpc) is 3.03. The van der Waals surface area contributed by atoms with Crippen LogP contribution < -0.4 is 10.6 Å². The first-order valence-electron chi connectivity index (χ1n) is 5.23. The Bertz CT molecular complexity index is 335. The molecule has 80 valence electrons. The first kappa shape index (κ1) is 10.4. The number of thiocarbonyl (C=S) groups is 1. The van der Waals surface area contributed by atoms with Gasteiger partial charge in [0.25, 0.3) is 0 Å². The first-order chi connectivity index (χ1) is 7.25. The molecule has 1 aliphatic carbocycles. The van der Waals surface area contributed by atoms with E-state index >= 15 is 0 Å². The molecule has 0 aliphatic heterocycles. The summed E-state index contributed by atoms with van der Waals surface area (Å²) in [6, 6.07) is 6.65. The molecular weight excluding hydrogens is 206 g/mol. The van der Waals surface area contributed by atoms with Crippen molar-refractivity contribution in [3.05, 3.63) is 30.1 Å². The Hall–Kier alpha value is -1.16. The predicted molar refractivity (Wildman–Crippen MR) is 64.5 cm³/mol. The largest absolute Gasteiger partial charge is 0.360 e. The molecule has 1 fully saturated rings. The molecule has 0 aromatic carbocycles. The summed E-state index contributed by atoms with van der Waals surface area (Å²) in [5.41, 5.74) is 1.01. The zero-order valence-corrected chi connectivity index (χ0v) is 9.55. The van der Waals surface area contributed by atoms with Crippen LogP contribution in [0.2, 0.25) is 0 Å². The van der Waals surface area contributed by atoms with Crippen LogP contribution in [0.5, 0.6) is 0 Å². The van der Waals surface area contributed by atoms with Gasteiger partial charge in [0.1, 0.15) is 0 Å². The Morgan fingerprint density at radius 3 is 2.93 bits per heavy atom. The fourth-order valence-electron chi connectivity index (χ4n) is 1.36. The van der Waals surface area contributed by atoms with E-state index in [1.807, 2.05) is 18.2 Å². The summed E-state index contributed by atoms with van der Waals surface area (Å²) < 4.78 is 0. The number of pyridine rings is 1. The summed E-state index contributed by atoms with van der Waals surface area (Å²) in [6.45, 7) is 2.06. The van der Waals surface area contributed by atoms with E-state index in [1.165, 1.54) is 12.8 Å².